The largest absolute Gasteiger partial charge is 0.496 e. The highest BCUT2D eigenvalue weighted by molar-refractivity contribution is 7.89. The molecular weight excluding hydrogens is 731 g/mol. The van der Waals surface area contributed by atoms with Crippen molar-refractivity contribution < 1.29 is 36.3 Å². The van der Waals surface area contributed by atoms with E-state index < -0.39 is 43.8 Å². The average molecular weight is 780 g/mol. The fourth-order valence-electron chi connectivity index (χ4n) is 8.35. The van der Waals surface area contributed by atoms with Gasteiger partial charge in [0.2, 0.25) is 26.0 Å². The lowest BCUT2D eigenvalue weighted by Crippen LogP contribution is -2.46. The van der Waals surface area contributed by atoms with E-state index in [0.29, 0.717) is 44.7 Å². The second-order valence-electron chi connectivity index (χ2n) is 14.7. The number of carbonyl (C=O) groups excluding carboxylic acids is 1. The zero-order valence-corrected chi connectivity index (χ0v) is 32.5. The van der Waals surface area contributed by atoms with Crippen LogP contribution in [0.5, 0.6) is 5.75 Å². The minimum absolute atomic E-state index is 0.0645. The normalized spacial score (nSPS) is 20.1. The molecule has 0 bridgehead atoms. The van der Waals surface area contributed by atoms with Crippen LogP contribution in [0.3, 0.4) is 0 Å². The third kappa shape index (κ3) is 7.36. The van der Waals surface area contributed by atoms with Crippen LogP contribution in [-0.2, 0) is 42.6 Å². The first kappa shape index (κ1) is 38.3. The van der Waals surface area contributed by atoms with Gasteiger partial charge in [0.25, 0.3) is 0 Å². The molecule has 0 aliphatic carbocycles. The Labute approximate surface area is 318 Å². The van der Waals surface area contributed by atoms with Gasteiger partial charge in [-0.05, 0) is 86.7 Å². The first-order valence-corrected chi connectivity index (χ1v) is 21.6. The fourth-order valence-corrected chi connectivity index (χ4v) is 11.4. The van der Waals surface area contributed by atoms with Crippen LogP contribution >= 0.6 is 0 Å². The molecule has 7 rings (SSSR count). The van der Waals surface area contributed by atoms with Crippen LogP contribution < -0.4 is 9.64 Å². The topological polar surface area (TPSA) is 148 Å². The monoisotopic (exact) mass is 779 g/mol. The summed E-state index contributed by atoms with van der Waals surface area (Å²) in [5.41, 5.74) is 3.64. The van der Waals surface area contributed by atoms with Crippen molar-refractivity contribution in [2.24, 2.45) is 0 Å². The number of carboxylic acids is 1. The number of rotatable bonds is 11. The van der Waals surface area contributed by atoms with Crippen molar-refractivity contribution in [3.63, 3.8) is 0 Å². The van der Waals surface area contributed by atoms with E-state index in [2.05, 4.69) is 16.8 Å². The van der Waals surface area contributed by atoms with Gasteiger partial charge < -0.3 is 24.5 Å². The van der Waals surface area contributed by atoms with Gasteiger partial charge in [-0.2, -0.15) is 8.61 Å². The molecule has 0 aromatic heterocycles. The van der Waals surface area contributed by atoms with Gasteiger partial charge in [0, 0.05) is 82.3 Å². The number of nitrogens with zero attached hydrogens (tertiary/aromatic N) is 5. The van der Waals surface area contributed by atoms with Crippen LogP contribution in [0.15, 0.2) is 70.5 Å². The molecule has 2 unspecified atom stereocenters. The van der Waals surface area contributed by atoms with Crippen molar-refractivity contribution in [3.05, 3.63) is 82.9 Å². The molecule has 0 radical (unpaired) electrons. The summed E-state index contributed by atoms with van der Waals surface area (Å²) in [6, 6.07) is 15.8. The lowest BCUT2D eigenvalue weighted by molar-refractivity contribution is -0.144. The van der Waals surface area contributed by atoms with Crippen molar-refractivity contribution >= 4 is 37.6 Å². The molecule has 4 aliphatic heterocycles. The lowest BCUT2D eigenvalue weighted by atomic mass is 9.80. The Bertz CT molecular complexity index is 2070. The van der Waals surface area contributed by atoms with E-state index in [1.807, 2.05) is 12.1 Å². The average Bonchev–Trinajstić information content (AvgIpc) is 3.94. The molecule has 4 aliphatic rings. The summed E-state index contributed by atoms with van der Waals surface area (Å²) in [4.78, 5) is 34.8. The van der Waals surface area contributed by atoms with Crippen molar-refractivity contribution in [3.8, 4) is 5.75 Å². The lowest BCUT2D eigenvalue weighted by Gasteiger charge is -2.39. The third-order valence-electron chi connectivity index (χ3n) is 11.5. The maximum atomic E-state index is 15.0. The van der Waals surface area contributed by atoms with Gasteiger partial charge in [-0.1, -0.05) is 24.3 Å². The van der Waals surface area contributed by atoms with Crippen LogP contribution in [0, 0.1) is 0 Å². The molecule has 0 spiro atoms. The van der Waals surface area contributed by atoms with E-state index in [9.17, 15) is 31.5 Å². The number of aliphatic carboxylic acids is 1. The number of carboxylic acid groups (broad SMARTS) is 1. The Kier molecular flexibility index (Phi) is 11.1. The number of carbonyl (C=O) groups is 2. The smallest absolute Gasteiger partial charge is 0.312 e. The maximum Gasteiger partial charge on any atom is 0.312 e. The van der Waals surface area contributed by atoms with E-state index in [1.165, 1.54) is 45.0 Å². The van der Waals surface area contributed by atoms with Crippen molar-refractivity contribution in [1.29, 1.82) is 0 Å². The molecule has 15 heteroatoms. The van der Waals surface area contributed by atoms with Gasteiger partial charge in [0.05, 0.1) is 28.7 Å². The minimum Gasteiger partial charge on any atom is -0.496 e. The summed E-state index contributed by atoms with van der Waals surface area (Å²) in [7, 11) is -3.78. The number of hydrogen-bond acceptors (Lipinski definition) is 9. The number of benzene rings is 3. The van der Waals surface area contributed by atoms with Gasteiger partial charge in [-0.15, -0.1) is 0 Å². The number of fused-ring (bicyclic) bond motifs is 1. The molecule has 3 fully saturated rings. The minimum atomic E-state index is -3.75. The van der Waals surface area contributed by atoms with Gasteiger partial charge in [0.1, 0.15) is 5.75 Å². The van der Waals surface area contributed by atoms with Crippen molar-refractivity contribution in [1.82, 2.24) is 18.4 Å². The number of piperazine rings is 1. The molecule has 2 atom stereocenters. The zero-order chi connectivity index (χ0) is 38.2. The van der Waals surface area contributed by atoms with E-state index in [1.54, 1.807) is 24.1 Å². The maximum absolute atomic E-state index is 15.0. The quantitative estimate of drug-likeness (QED) is 0.307. The molecule has 3 saturated heterocycles. The standard InChI is InChI=1S/C39H49N5O8S2/c1-40-23-25-41(26-24-40)34-15-16-35(52-2)32-17-22-42(27-33(32)34)38(45)36(28-7-11-30(12-8-28)53(48,49)43-18-3-4-19-43)37(39(46)47)29-9-13-31(14-10-29)54(50,51)44-20-5-6-21-44/h7-16,36-37H,3-6,17-27H2,1-2H3,(H,46,47). The van der Waals surface area contributed by atoms with E-state index in [0.717, 1.165) is 74.4 Å². The highest BCUT2D eigenvalue weighted by Crippen LogP contribution is 2.41. The number of sulfonamides is 2. The summed E-state index contributed by atoms with van der Waals surface area (Å²) < 4.78 is 62.1. The second-order valence-corrected chi connectivity index (χ2v) is 18.6. The van der Waals surface area contributed by atoms with E-state index >= 15 is 0 Å². The molecule has 1 amide bonds. The number of methoxy groups -OCH3 is 1. The molecule has 290 valence electrons. The van der Waals surface area contributed by atoms with Crippen LogP contribution in [0.2, 0.25) is 0 Å². The SMILES string of the molecule is COc1ccc(N2CCN(C)CC2)c2c1CCN(C(=O)C(c1ccc(S(=O)(=O)N3CCCC3)cc1)C(C(=O)O)c1ccc(S(=O)(=O)N3CCCC3)cc1)C2. The number of hydrogen-bond donors (Lipinski definition) is 1. The van der Waals surface area contributed by atoms with Crippen LogP contribution in [0.1, 0.15) is 59.8 Å². The number of likely N-dealkylation sites (N-methyl/N-ethyl adjacent to an activating group) is 1. The Morgan fingerprint density at radius 3 is 1.63 bits per heavy atom. The summed E-state index contributed by atoms with van der Waals surface area (Å²) in [5.74, 6) is -3.57. The molecular formula is C39H49N5O8S2. The predicted molar refractivity (Wildman–Crippen MR) is 204 cm³/mol. The van der Waals surface area contributed by atoms with E-state index in [-0.39, 0.29) is 21.9 Å². The Hall–Kier alpha value is -4.02. The van der Waals surface area contributed by atoms with Gasteiger partial charge in [-0.3, -0.25) is 9.59 Å². The fraction of sp³-hybridized carbons (Fsp3) is 0.487. The Morgan fingerprint density at radius 1 is 0.648 bits per heavy atom. The number of amides is 1. The molecule has 1 N–H and O–H groups in total. The summed E-state index contributed by atoms with van der Waals surface area (Å²) >= 11 is 0. The molecule has 4 heterocycles. The van der Waals surface area contributed by atoms with Gasteiger partial charge >= 0.3 is 5.97 Å². The molecule has 0 saturated carbocycles. The second kappa shape index (κ2) is 15.6. The van der Waals surface area contributed by atoms with Crippen LogP contribution in [0.25, 0.3) is 0 Å². The van der Waals surface area contributed by atoms with E-state index in [4.69, 9.17) is 4.74 Å². The predicted octanol–water partition coefficient (Wildman–Crippen LogP) is 3.55. The van der Waals surface area contributed by atoms with Gasteiger partial charge in [-0.25, -0.2) is 16.8 Å². The summed E-state index contributed by atoms with van der Waals surface area (Å²) in [6.45, 7) is 5.75. The summed E-state index contributed by atoms with van der Waals surface area (Å²) in [6.07, 6.45) is 3.64. The summed E-state index contributed by atoms with van der Waals surface area (Å²) in [5, 5.41) is 10.9. The Morgan fingerprint density at radius 2 is 1.15 bits per heavy atom. The number of ether oxygens (including phenoxy) is 1. The first-order valence-electron chi connectivity index (χ1n) is 18.7. The van der Waals surface area contributed by atoms with Gasteiger partial charge in [0.15, 0.2) is 0 Å². The molecule has 54 heavy (non-hydrogen) atoms. The van der Waals surface area contributed by atoms with Crippen molar-refractivity contribution in [2.75, 3.05) is 78.0 Å². The van der Waals surface area contributed by atoms with Crippen molar-refractivity contribution in [2.45, 2.75) is 60.3 Å². The molecule has 3 aromatic rings. The highest BCUT2D eigenvalue weighted by atomic mass is 32.2. The number of anilines is 1. The molecule has 3 aromatic carbocycles. The first-order chi connectivity index (χ1) is 25.9. The third-order valence-corrected chi connectivity index (χ3v) is 15.3. The highest BCUT2D eigenvalue weighted by Gasteiger charge is 2.41. The van der Waals surface area contributed by atoms with Crippen LogP contribution in [0.4, 0.5) is 5.69 Å². The zero-order valence-electron chi connectivity index (χ0n) is 30.9. The molecule has 13 nitrogen and oxygen atoms in total. The Balaban J connectivity index is 1.26. The van der Waals surface area contributed by atoms with Crippen LogP contribution in [-0.4, -0.2) is 125 Å².